The van der Waals surface area contributed by atoms with Crippen LogP contribution < -0.4 is 9.82 Å². The number of imidazole rings is 1. The lowest BCUT2D eigenvalue weighted by Crippen LogP contribution is -2.44. The number of aryl methyl sites for hydroxylation is 1. The second kappa shape index (κ2) is 13.7. The molecule has 1 fully saturated rings. The highest BCUT2D eigenvalue weighted by molar-refractivity contribution is 7.51. The van der Waals surface area contributed by atoms with E-state index >= 15 is 0 Å². The van der Waals surface area contributed by atoms with Crippen LogP contribution in [-0.2, 0) is 37.4 Å². The van der Waals surface area contributed by atoms with Crippen molar-refractivity contribution in [2.24, 2.45) is 5.92 Å². The molecule has 0 amide bonds. The van der Waals surface area contributed by atoms with Gasteiger partial charge in [-0.05, 0) is 40.0 Å². The van der Waals surface area contributed by atoms with Gasteiger partial charge >= 0.3 is 19.7 Å². The maximum Gasteiger partial charge on any atom is 0.406 e. The third-order valence-electron chi connectivity index (χ3n) is 6.35. The molecule has 3 N–H and O–H groups in total. The number of hydrogen-bond acceptors (Lipinski definition) is 14. The van der Waals surface area contributed by atoms with E-state index in [2.05, 4.69) is 24.8 Å². The minimum Gasteiger partial charge on any atom is -0.479 e. The number of nitrogens with zero attached hydrogens (tertiary/aromatic N) is 4. The van der Waals surface area contributed by atoms with Crippen LogP contribution in [-0.4, -0.2) is 99.1 Å². The zero-order valence-electron chi connectivity index (χ0n) is 25.0. The summed E-state index contributed by atoms with van der Waals surface area (Å²) in [4.78, 5) is 37.4. The quantitative estimate of drug-likeness (QED) is 0.203. The number of carbonyl (C=O) groups excluding carboxylic acids is 2. The van der Waals surface area contributed by atoms with Gasteiger partial charge in [-0.25, -0.2) is 24.4 Å². The molecule has 0 aromatic carbocycles. The highest BCUT2D eigenvalue weighted by Gasteiger charge is 2.54. The zero-order chi connectivity index (χ0) is 31.4. The van der Waals surface area contributed by atoms with Crippen molar-refractivity contribution < 1.29 is 52.4 Å². The number of methoxy groups -OCH3 is 2. The molecule has 1 aliphatic rings. The van der Waals surface area contributed by atoms with Crippen LogP contribution in [0, 0.1) is 12.8 Å². The Morgan fingerprint density at radius 2 is 1.90 bits per heavy atom. The van der Waals surface area contributed by atoms with E-state index in [4.69, 9.17) is 23.3 Å². The van der Waals surface area contributed by atoms with Crippen molar-refractivity contribution in [3.8, 4) is 5.88 Å². The summed E-state index contributed by atoms with van der Waals surface area (Å²) in [5.41, 5.74) is -1.29. The Morgan fingerprint density at radius 1 is 1.21 bits per heavy atom. The van der Waals surface area contributed by atoms with Crippen LogP contribution in [0.3, 0.4) is 0 Å². The molecular formula is C25H40N5O11P. The fraction of sp³-hybridized carbons (Fsp3) is 0.720. The summed E-state index contributed by atoms with van der Waals surface area (Å²) in [6.07, 6.45) is -2.87. The van der Waals surface area contributed by atoms with E-state index in [1.807, 2.05) is 13.8 Å². The van der Waals surface area contributed by atoms with Crippen molar-refractivity contribution >= 4 is 30.8 Å². The van der Waals surface area contributed by atoms with Gasteiger partial charge in [0.2, 0.25) is 5.88 Å². The lowest BCUT2D eigenvalue weighted by atomic mass is 9.96. The molecule has 236 valence electrons. The van der Waals surface area contributed by atoms with Gasteiger partial charge < -0.3 is 29.2 Å². The Morgan fingerprint density at radius 3 is 2.50 bits per heavy atom. The number of esters is 2. The number of rotatable bonds is 14. The Labute approximate surface area is 243 Å². The number of fused-ring (bicyclic) bond motifs is 1. The number of carbonyl (C=O) groups is 2. The predicted octanol–water partition coefficient (Wildman–Crippen LogP) is 1.42. The molecule has 17 heteroatoms. The normalized spacial score (nSPS) is 24.6. The lowest BCUT2D eigenvalue weighted by molar-refractivity contribution is -0.150. The number of aromatic nitrogens is 4. The van der Waals surface area contributed by atoms with E-state index < -0.39 is 69.1 Å². The van der Waals surface area contributed by atoms with Gasteiger partial charge in [-0.1, -0.05) is 13.8 Å². The van der Waals surface area contributed by atoms with Crippen LogP contribution in [0.25, 0.3) is 11.2 Å². The van der Waals surface area contributed by atoms with E-state index in [1.54, 1.807) is 20.8 Å². The van der Waals surface area contributed by atoms with Gasteiger partial charge in [0.25, 0.3) is 0 Å². The summed E-state index contributed by atoms with van der Waals surface area (Å²) >= 11 is 0. The second-order valence-electron chi connectivity index (χ2n) is 10.7. The highest BCUT2D eigenvalue weighted by atomic mass is 31.2. The van der Waals surface area contributed by atoms with Crippen molar-refractivity contribution in [2.75, 3.05) is 27.4 Å². The molecule has 0 bridgehead atoms. The number of ether oxygens (including phenoxy) is 4. The summed E-state index contributed by atoms with van der Waals surface area (Å²) in [5.74, 6) is -0.963. The van der Waals surface area contributed by atoms with Crippen molar-refractivity contribution in [2.45, 2.75) is 84.1 Å². The average molecular weight is 618 g/mol. The molecule has 2 unspecified atom stereocenters. The SMILES string of the molecule is COC(=O)COP(=O)(N[C@@H](CC(C)C)C(=O)OC(C)C)OC[C@H]1O[C@@H](n2cnc3c(OC)nc(C)nc32)[C@@](C)(O)C1O. The molecule has 2 aromatic rings. The molecular weight excluding hydrogens is 577 g/mol. The average Bonchev–Trinajstić information content (AvgIpc) is 3.42. The summed E-state index contributed by atoms with van der Waals surface area (Å²) in [5, 5.41) is 24.8. The number of nitrogens with one attached hydrogen (secondary N) is 1. The third kappa shape index (κ3) is 7.81. The van der Waals surface area contributed by atoms with Crippen LogP contribution >= 0.6 is 7.75 Å². The molecule has 3 heterocycles. The smallest absolute Gasteiger partial charge is 0.406 e. The predicted molar refractivity (Wildman–Crippen MR) is 146 cm³/mol. The molecule has 42 heavy (non-hydrogen) atoms. The maximum atomic E-state index is 13.8. The first-order valence-corrected chi connectivity index (χ1v) is 14.9. The molecule has 0 spiro atoms. The Kier molecular flexibility index (Phi) is 11.0. The Bertz CT molecular complexity index is 1300. The first kappa shape index (κ1) is 33.8. The number of aliphatic hydroxyl groups is 2. The minimum atomic E-state index is -4.43. The van der Waals surface area contributed by atoms with Gasteiger partial charge in [0.05, 0.1) is 33.3 Å². The van der Waals surface area contributed by atoms with E-state index in [0.29, 0.717) is 11.3 Å². The largest absolute Gasteiger partial charge is 0.479 e. The van der Waals surface area contributed by atoms with E-state index in [1.165, 1.54) is 24.9 Å². The lowest BCUT2D eigenvalue weighted by Gasteiger charge is -2.28. The van der Waals surface area contributed by atoms with Gasteiger partial charge in [-0.15, -0.1) is 0 Å². The molecule has 1 aliphatic heterocycles. The first-order chi connectivity index (χ1) is 19.6. The molecule has 2 aromatic heterocycles. The molecule has 0 aliphatic carbocycles. The van der Waals surface area contributed by atoms with Crippen molar-refractivity contribution in [1.29, 1.82) is 0 Å². The monoisotopic (exact) mass is 617 g/mol. The fourth-order valence-electron chi connectivity index (χ4n) is 4.34. The molecule has 6 atom stereocenters. The van der Waals surface area contributed by atoms with E-state index in [-0.39, 0.29) is 23.9 Å². The molecule has 1 saturated heterocycles. The van der Waals surface area contributed by atoms with Crippen LogP contribution in [0.2, 0.25) is 0 Å². The second-order valence-corrected chi connectivity index (χ2v) is 12.5. The topological polar surface area (TPSA) is 203 Å². The van der Waals surface area contributed by atoms with Gasteiger partial charge in [0.1, 0.15) is 29.7 Å². The van der Waals surface area contributed by atoms with E-state index in [0.717, 1.165) is 7.11 Å². The maximum absolute atomic E-state index is 13.8. The van der Waals surface area contributed by atoms with Gasteiger partial charge in [-0.3, -0.25) is 18.4 Å². The van der Waals surface area contributed by atoms with Gasteiger partial charge in [-0.2, -0.15) is 4.98 Å². The Balaban J connectivity index is 1.86. The van der Waals surface area contributed by atoms with Crippen LogP contribution in [0.5, 0.6) is 5.88 Å². The molecule has 0 saturated carbocycles. The van der Waals surface area contributed by atoms with Crippen LogP contribution in [0.4, 0.5) is 0 Å². The standard InChI is InChI=1S/C25H40N5O11P/c1-13(2)9-16(23(33)40-14(3)4)29-42(35,39-11-18(31)36-7)38-10-17-20(32)25(6,34)24(41-17)30-12-26-19-21(30)27-15(5)28-22(19)37-8/h12-14,16-17,20,24,32,34H,9-11H2,1-8H3,(H,29,35)/t16-,17+,20?,24+,25-,42?/m0/s1. The van der Waals surface area contributed by atoms with Crippen LogP contribution in [0.1, 0.15) is 53.1 Å². The van der Waals surface area contributed by atoms with E-state index in [9.17, 15) is 24.4 Å². The molecule has 0 radical (unpaired) electrons. The highest BCUT2D eigenvalue weighted by Crippen LogP contribution is 2.47. The molecule has 3 rings (SSSR count). The Hall–Kier alpha value is -2.72. The van der Waals surface area contributed by atoms with Gasteiger partial charge in [0.15, 0.2) is 24.0 Å². The summed E-state index contributed by atoms with van der Waals surface area (Å²) in [6, 6.07) is -1.11. The zero-order valence-corrected chi connectivity index (χ0v) is 25.9. The summed E-state index contributed by atoms with van der Waals surface area (Å²) < 4.78 is 47.2. The minimum absolute atomic E-state index is 0.0248. The fourth-order valence-corrected chi connectivity index (χ4v) is 5.78. The summed E-state index contributed by atoms with van der Waals surface area (Å²) in [6.45, 7) is 8.72. The van der Waals surface area contributed by atoms with Gasteiger partial charge in [0, 0.05) is 0 Å². The number of hydrogen-bond donors (Lipinski definition) is 3. The van der Waals surface area contributed by atoms with Crippen molar-refractivity contribution in [3.63, 3.8) is 0 Å². The third-order valence-corrected chi connectivity index (χ3v) is 7.93. The molecule has 16 nitrogen and oxygen atoms in total. The van der Waals surface area contributed by atoms with Crippen molar-refractivity contribution in [1.82, 2.24) is 24.6 Å². The van der Waals surface area contributed by atoms with Crippen molar-refractivity contribution in [3.05, 3.63) is 12.2 Å². The number of aliphatic hydroxyl groups excluding tert-OH is 1. The summed E-state index contributed by atoms with van der Waals surface area (Å²) in [7, 11) is -1.88. The van der Waals surface area contributed by atoms with Crippen LogP contribution in [0.15, 0.2) is 6.33 Å². The first-order valence-electron chi connectivity index (χ1n) is 13.4.